The van der Waals surface area contributed by atoms with E-state index in [1.165, 1.54) is 38.6 Å². The Hall–Kier alpha value is -2.12. The third-order valence-electron chi connectivity index (χ3n) is 4.95. The number of halogens is 4. The maximum atomic E-state index is 13.2. The summed E-state index contributed by atoms with van der Waals surface area (Å²) in [7, 11) is -0.825. The molecular weight excluding hydrogens is 606 g/mol. The molecule has 0 atom stereocenters. The van der Waals surface area contributed by atoms with E-state index in [0.29, 0.717) is 10.6 Å². The Morgan fingerprint density at radius 3 is 2.46 bits per heavy atom. The third-order valence-corrected chi connectivity index (χ3v) is 9.17. The molecule has 2 heterocycles. The molecule has 0 spiro atoms. The largest absolute Gasteiger partial charge is 0.494 e. The standard InChI is InChI=1S/C22H20Cl4N4O5S2/c1-30(37(33,34)6-5-23)10-12-11-36-20(18(12)26)22(32)29-19-15(7-14(25)8-16(19)35-2)21(31)28-17-4-3-13(24)9-27-17/h3-4,7-9,11H,5-6,10H2,1-2H3,(H,29,32)(H,27,28,31). The van der Waals surface area contributed by atoms with Crippen LogP contribution in [-0.4, -0.2) is 55.3 Å². The summed E-state index contributed by atoms with van der Waals surface area (Å²) >= 11 is 25.0. The molecule has 2 amide bonds. The summed E-state index contributed by atoms with van der Waals surface area (Å²) in [5, 5.41) is 7.53. The predicted molar refractivity (Wildman–Crippen MR) is 148 cm³/mol. The number of aromatic nitrogens is 1. The number of amides is 2. The van der Waals surface area contributed by atoms with Crippen molar-refractivity contribution < 1.29 is 22.7 Å². The highest BCUT2D eigenvalue weighted by atomic mass is 35.5. The van der Waals surface area contributed by atoms with Crippen LogP contribution in [0, 0.1) is 0 Å². The van der Waals surface area contributed by atoms with Gasteiger partial charge in [-0.05, 0) is 29.1 Å². The minimum atomic E-state index is -3.58. The Morgan fingerprint density at radius 2 is 1.84 bits per heavy atom. The van der Waals surface area contributed by atoms with Crippen LogP contribution in [0.5, 0.6) is 5.75 Å². The van der Waals surface area contributed by atoms with Gasteiger partial charge in [-0.2, -0.15) is 0 Å². The smallest absolute Gasteiger partial charge is 0.267 e. The molecule has 198 valence electrons. The molecule has 2 N–H and O–H groups in total. The zero-order chi connectivity index (χ0) is 27.3. The van der Waals surface area contributed by atoms with Crippen molar-refractivity contribution >= 4 is 91.1 Å². The van der Waals surface area contributed by atoms with Gasteiger partial charge in [0.05, 0.1) is 34.2 Å². The predicted octanol–water partition coefficient (Wildman–Crippen LogP) is 5.62. The number of sulfonamides is 1. The van der Waals surface area contributed by atoms with E-state index in [0.717, 1.165) is 15.6 Å². The van der Waals surface area contributed by atoms with Crippen molar-refractivity contribution in [2.24, 2.45) is 0 Å². The first kappa shape index (κ1) is 29.4. The highest BCUT2D eigenvalue weighted by molar-refractivity contribution is 7.89. The number of anilines is 2. The Bertz CT molecular complexity index is 1420. The summed E-state index contributed by atoms with van der Waals surface area (Å²) in [5.74, 6) is -1.17. The van der Waals surface area contributed by atoms with Crippen LogP contribution in [0.2, 0.25) is 15.1 Å². The average Bonchev–Trinajstić information content (AvgIpc) is 3.21. The summed E-state index contributed by atoms with van der Waals surface area (Å²) in [6.45, 7) is -0.0478. The third kappa shape index (κ3) is 7.26. The number of methoxy groups -OCH3 is 1. The number of pyridine rings is 1. The number of hydrogen-bond donors (Lipinski definition) is 2. The van der Waals surface area contributed by atoms with E-state index in [1.54, 1.807) is 11.4 Å². The molecule has 3 rings (SSSR count). The van der Waals surface area contributed by atoms with Gasteiger partial charge >= 0.3 is 0 Å². The van der Waals surface area contributed by atoms with Gasteiger partial charge in [0.2, 0.25) is 10.0 Å². The second kappa shape index (κ2) is 12.6. The molecular formula is C22H20Cl4N4O5S2. The first-order valence-corrected chi connectivity index (χ1v) is 14.5. The lowest BCUT2D eigenvalue weighted by molar-refractivity contribution is 0.102. The van der Waals surface area contributed by atoms with Gasteiger partial charge in [-0.3, -0.25) is 9.59 Å². The number of carbonyl (C=O) groups is 2. The zero-order valence-electron chi connectivity index (χ0n) is 19.3. The molecule has 0 saturated carbocycles. The molecule has 0 fully saturated rings. The fraction of sp³-hybridized carbons (Fsp3) is 0.227. The van der Waals surface area contributed by atoms with Crippen LogP contribution in [0.1, 0.15) is 25.6 Å². The normalized spacial score (nSPS) is 11.4. The van der Waals surface area contributed by atoms with E-state index in [4.69, 9.17) is 51.1 Å². The number of thiophene rings is 1. The van der Waals surface area contributed by atoms with Crippen molar-refractivity contribution in [2.75, 3.05) is 36.4 Å². The van der Waals surface area contributed by atoms with Gasteiger partial charge in [0.25, 0.3) is 11.8 Å². The van der Waals surface area contributed by atoms with Gasteiger partial charge in [0.15, 0.2) is 0 Å². The van der Waals surface area contributed by atoms with Gasteiger partial charge in [-0.1, -0.05) is 34.8 Å². The molecule has 0 saturated heterocycles. The van der Waals surface area contributed by atoms with E-state index >= 15 is 0 Å². The summed E-state index contributed by atoms with van der Waals surface area (Å²) in [5.41, 5.74) is 0.498. The molecule has 0 radical (unpaired) electrons. The monoisotopic (exact) mass is 624 g/mol. The molecule has 0 aliphatic heterocycles. The van der Waals surface area contributed by atoms with Crippen LogP contribution >= 0.6 is 57.7 Å². The molecule has 0 bridgehead atoms. The van der Waals surface area contributed by atoms with E-state index in [9.17, 15) is 18.0 Å². The highest BCUT2D eigenvalue weighted by Gasteiger charge is 2.25. The first-order chi connectivity index (χ1) is 17.5. The maximum absolute atomic E-state index is 13.2. The topological polar surface area (TPSA) is 118 Å². The van der Waals surface area contributed by atoms with Crippen molar-refractivity contribution in [3.8, 4) is 5.75 Å². The first-order valence-electron chi connectivity index (χ1n) is 10.3. The Kier molecular flexibility index (Phi) is 10.0. The fourth-order valence-electron chi connectivity index (χ4n) is 3.09. The molecule has 3 aromatic rings. The second-order valence-electron chi connectivity index (χ2n) is 7.47. The fourth-order valence-corrected chi connectivity index (χ4v) is 6.08. The lowest BCUT2D eigenvalue weighted by Crippen LogP contribution is -2.29. The van der Waals surface area contributed by atoms with Crippen LogP contribution < -0.4 is 15.4 Å². The van der Waals surface area contributed by atoms with E-state index < -0.39 is 21.8 Å². The Balaban J connectivity index is 1.88. The number of hydrogen-bond acceptors (Lipinski definition) is 7. The van der Waals surface area contributed by atoms with Crippen molar-refractivity contribution in [3.05, 3.63) is 66.9 Å². The summed E-state index contributed by atoms with van der Waals surface area (Å²) in [6, 6.07) is 5.87. The van der Waals surface area contributed by atoms with Crippen molar-refractivity contribution in [1.29, 1.82) is 0 Å². The van der Waals surface area contributed by atoms with Gasteiger partial charge in [0.1, 0.15) is 16.4 Å². The van der Waals surface area contributed by atoms with Crippen LogP contribution in [0.25, 0.3) is 0 Å². The van der Waals surface area contributed by atoms with Crippen LogP contribution in [0.15, 0.2) is 35.8 Å². The second-order valence-corrected chi connectivity index (χ2v) is 12.2. The Labute approximate surface area is 237 Å². The van der Waals surface area contributed by atoms with Gasteiger partial charge < -0.3 is 15.4 Å². The van der Waals surface area contributed by atoms with E-state index in [2.05, 4.69) is 15.6 Å². The summed E-state index contributed by atoms with van der Waals surface area (Å²) in [6.07, 6.45) is 1.37. The molecule has 1 aromatic carbocycles. The molecule has 0 aliphatic rings. The zero-order valence-corrected chi connectivity index (χ0v) is 24.0. The molecule has 0 aliphatic carbocycles. The van der Waals surface area contributed by atoms with Gasteiger partial charge in [-0.15, -0.1) is 22.9 Å². The van der Waals surface area contributed by atoms with Crippen LogP contribution in [0.4, 0.5) is 11.5 Å². The van der Waals surface area contributed by atoms with Crippen molar-refractivity contribution in [3.63, 3.8) is 0 Å². The van der Waals surface area contributed by atoms with E-state index in [-0.39, 0.29) is 55.9 Å². The minimum Gasteiger partial charge on any atom is -0.494 e. The SMILES string of the molecule is COc1cc(Cl)cc(C(=O)Nc2ccc(Cl)cn2)c1NC(=O)c1scc(CN(C)S(=O)(=O)CCCl)c1Cl. The minimum absolute atomic E-state index is 0.00857. The average molecular weight is 626 g/mol. The molecule has 0 unspecified atom stereocenters. The van der Waals surface area contributed by atoms with Gasteiger partial charge in [0, 0.05) is 36.8 Å². The molecule has 37 heavy (non-hydrogen) atoms. The maximum Gasteiger partial charge on any atom is 0.267 e. The van der Waals surface area contributed by atoms with Crippen LogP contribution in [0.3, 0.4) is 0 Å². The lowest BCUT2D eigenvalue weighted by atomic mass is 10.1. The summed E-state index contributed by atoms with van der Waals surface area (Å²) < 4.78 is 30.9. The van der Waals surface area contributed by atoms with Crippen LogP contribution in [-0.2, 0) is 16.6 Å². The lowest BCUT2D eigenvalue weighted by Gasteiger charge is -2.16. The van der Waals surface area contributed by atoms with Crippen molar-refractivity contribution in [1.82, 2.24) is 9.29 Å². The highest BCUT2D eigenvalue weighted by Crippen LogP contribution is 2.35. The molecule has 2 aromatic heterocycles. The molecule has 15 heteroatoms. The number of alkyl halides is 1. The van der Waals surface area contributed by atoms with E-state index in [1.807, 2.05) is 0 Å². The number of ether oxygens (including phenoxy) is 1. The quantitative estimate of drug-likeness (QED) is 0.283. The van der Waals surface area contributed by atoms with Crippen molar-refractivity contribution in [2.45, 2.75) is 6.54 Å². The number of rotatable bonds is 10. The number of nitrogens with one attached hydrogen (secondary N) is 2. The number of carbonyl (C=O) groups excluding carboxylic acids is 2. The number of benzene rings is 1. The Morgan fingerprint density at radius 1 is 1.11 bits per heavy atom. The molecule has 9 nitrogen and oxygen atoms in total. The van der Waals surface area contributed by atoms with Gasteiger partial charge in [-0.25, -0.2) is 17.7 Å². The number of nitrogens with zero attached hydrogens (tertiary/aromatic N) is 2. The summed E-state index contributed by atoms with van der Waals surface area (Å²) in [4.78, 5) is 30.4.